The first-order valence-electron chi connectivity index (χ1n) is 11.4. The first-order chi connectivity index (χ1) is 15.9. The molecule has 1 saturated heterocycles. The van der Waals surface area contributed by atoms with Crippen LogP contribution in [0.3, 0.4) is 0 Å². The van der Waals surface area contributed by atoms with Crippen molar-refractivity contribution in [3.8, 4) is 0 Å². The summed E-state index contributed by atoms with van der Waals surface area (Å²) in [6.07, 6.45) is 5.30. The standard InChI is InChI=1S/C24H28ClN3O4S/c1-2-22(29)27-19-12-16(8-9-18(19)15-6-4-3-5-7-15)28-14-17(32-24(28)31)13-26-23(30)20-10-11-21(25)33-20/h8-12,15,17H,2-7,13-14H2,1H3,(H,26,30)(H,27,29). The third kappa shape index (κ3) is 5.68. The lowest BCUT2D eigenvalue weighted by Gasteiger charge is -2.25. The fraction of sp³-hybridized carbons (Fsp3) is 0.458. The monoisotopic (exact) mass is 489 g/mol. The number of nitrogens with zero attached hydrogens (tertiary/aromatic N) is 1. The van der Waals surface area contributed by atoms with Crippen LogP contribution in [-0.4, -0.2) is 37.1 Å². The van der Waals surface area contributed by atoms with Crippen molar-refractivity contribution in [2.45, 2.75) is 57.5 Å². The van der Waals surface area contributed by atoms with Gasteiger partial charge in [0.15, 0.2) is 0 Å². The van der Waals surface area contributed by atoms with E-state index in [4.69, 9.17) is 16.3 Å². The van der Waals surface area contributed by atoms with E-state index < -0.39 is 12.2 Å². The van der Waals surface area contributed by atoms with E-state index >= 15 is 0 Å². The minimum Gasteiger partial charge on any atom is -0.442 e. The van der Waals surface area contributed by atoms with Crippen LogP contribution in [0.1, 0.15) is 66.6 Å². The Hall–Kier alpha value is -2.58. The highest BCUT2D eigenvalue weighted by Gasteiger charge is 2.33. The largest absolute Gasteiger partial charge is 0.442 e. The second kappa shape index (κ2) is 10.6. The fourth-order valence-corrected chi connectivity index (χ4v) is 5.36. The fourth-order valence-electron chi connectivity index (χ4n) is 4.40. The lowest BCUT2D eigenvalue weighted by molar-refractivity contribution is -0.115. The van der Waals surface area contributed by atoms with Crippen LogP contribution >= 0.6 is 22.9 Å². The maximum absolute atomic E-state index is 12.6. The number of thiophene rings is 1. The van der Waals surface area contributed by atoms with E-state index in [1.807, 2.05) is 25.1 Å². The van der Waals surface area contributed by atoms with E-state index in [1.165, 1.54) is 30.6 Å². The predicted molar refractivity (Wildman–Crippen MR) is 130 cm³/mol. The number of hydrogen-bond donors (Lipinski definition) is 2. The van der Waals surface area contributed by atoms with Gasteiger partial charge in [-0.05, 0) is 48.6 Å². The normalized spacial score (nSPS) is 18.8. The molecule has 1 unspecified atom stereocenters. The molecular formula is C24H28ClN3O4S. The Bertz CT molecular complexity index is 1030. The van der Waals surface area contributed by atoms with Crippen LogP contribution in [0.2, 0.25) is 4.34 Å². The third-order valence-corrected chi connectivity index (χ3v) is 7.38. The number of carbonyl (C=O) groups excluding carboxylic acids is 3. The summed E-state index contributed by atoms with van der Waals surface area (Å²) in [6.45, 7) is 2.34. The molecule has 4 rings (SSSR count). The molecule has 9 heteroatoms. The molecule has 2 aromatic rings. The van der Waals surface area contributed by atoms with E-state index in [1.54, 1.807) is 17.0 Å². The lowest BCUT2D eigenvalue weighted by atomic mass is 9.83. The summed E-state index contributed by atoms with van der Waals surface area (Å²) in [4.78, 5) is 39.1. The van der Waals surface area contributed by atoms with E-state index in [-0.39, 0.29) is 18.4 Å². The number of rotatable bonds is 7. The average molecular weight is 490 g/mol. The Kier molecular flexibility index (Phi) is 7.55. The number of amides is 3. The van der Waals surface area contributed by atoms with Crippen molar-refractivity contribution < 1.29 is 19.1 Å². The molecule has 176 valence electrons. The summed E-state index contributed by atoms with van der Waals surface area (Å²) >= 11 is 7.09. The highest BCUT2D eigenvalue weighted by atomic mass is 35.5. The zero-order valence-electron chi connectivity index (χ0n) is 18.6. The van der Waals surface area contributed by atoms with Gasteiger partial charge < -0.3 is 15.4 Å². The molecule has 1 aromatic heterocycles. The molecule has 2 heterocycles. The maximum atomic E-state index is 12.6. The number of carbonyl (C=O) groups is 3. The quantitative estimate of drug-likeness (QED) is 0.533. The molecule has 3 amide bonds. The molecule has 2 aliphatic rings. The van der Waals surface area contributed by atoms with Crippen LogP contribution < -0.4 is 15.5 Å². The van der Waals surface area contributed by atoms with Crippen molar-refractivity contribution in [1.82, 2.24) is 5.32 Å². The van der Waals surface area contributed by atoms with Crippen LogP contribution in [0.4, 0.5) is 16.2 Å². The molecule has 1 aromatic carbocycles. The number of ether oxygens (including phenoxy) is 1. The number of hydrogen-bond acceptors (Lipinski definition) is 5. The summed E-state index contributed by atoms with van der Waals surface area (Å²) in [5.74, 6) is 0.115. The van der Waals surface area contributed by atoms with Crippen molar-refractivity contribution in [1.29, 1.82) is 0 Å². The number of nitrogens with one attached hydrogen (secondary N) is 2. The highest BCUT2D eigenvalue weighted by molar-refractivity contribution is 7.18. The third-order valence-electron chi connectivity index (χ3n) is 6.15. The summed E-state index contributed by atoms with van der Waals surface area (Å²) in [5.41, 5.74) is 2.57. The first kappa shape index (κ1) is 23.6. The highest BCUT2D eigenvalue weighted by Crippen LogP contribution is 2.38. The molecule has 0 spiro atoms. The molecule has 0 bridgehead atoms. The van der Waals surface area contributed by atoms with Crippen molar-refractivity contribution in [2.75, 3.05) is 23.3 Å². The summed E-state index contributed by atoms with van der Waals surface area (Å²) in [7, 11) is 0. The zero-order chi connectivity index (χ0) is 23.4. The maximum Gasteiger partial charge on any atom is 0.414 e. The molecular weight excluding hydrogens is 462 g/mol. The van der Waals surface area contributed by atoms with E-state index in [0.717, 1.165) is 24.1 Å². The molecule has 1 aliphatic carbocycles. The van der Waals surface area contributed by atoms with Crippen LogP contribution in [-0.2, 0) is 9.53 Å². The minimum atomic E-state index is -0.469. The zero-order valence-corrected chi connectivity index (χ0v) is 20.1. The molecule has 1 aliphatic heterocycles. The van der Waals surface area contributed by atoms with Crippen molar-refractivity contribution in [3.05, 3.63) is 45.1 Å². The van der Waals surface area contributed by atoms with Crippen molar-refractivity contribution >= 4 is 52.2 Å². The summed E-state index contributed by atoms with van der Waals surface area (Å²) in [6, 6.07) is 9.15. The Morgan fingerprint density at radius 1 is 1.18 bits per heavy atom. The smallest absolute Gasteiger partial charge is 0.414 e. The molecule has 33 heavy (non-hydrogen) atoms. The van der Waals surface area contributed by atoms with Gasteiger partial charge in [0.2, 0.25) is 5.91 Å². The number of anilines is 2. The lowest BCUT2D eigenvalue weighted by Crippen LogP contribution is -2.34. The van der Waals surface area contributed by atoms with E-state index in [9.17, 15) is 14.4 Å². The SMILES string of the molecule is CCC(=O)Nc1cc(N2CC(CNC(=O)c3ccc(Cl)s3)OC2=O)ccc1C1CCCCC1. The van der Waals surface area contributed by atoms with Gasteiger partial charge in [-0.25, -0.2) is 4.79 Å². The van der Waals surface area contributed by atoms with E-state index in [2.05, 4.69) is 10.6 Å². The van der Waals surface area contributed by atoms with Gasteiger partial charge in [-0.1, -0.05) is 43.9 Å². The average Bonchev–Trinajstić information content (AvgIpc) is 3.43. The van der Waals surface area contributed by atoms with Gasteiger partial charge in [0.1, 0.15) is 6.10 Å². The minimum absolute atomic E-state index is 0.0533. The van der Waals surface area contributed by atoms with Gasteiger partial charge in [0.25, 0.3) is 5.91 Å². The first-order valence-corrected chi connectivity index (χ1v) is 12.6. The van der Waals surface area contributed by atoms with Gasteiger partial charge in [0.05, 0.1) is 22.3 Å². The van der Waals surface area contributed by atoms with Gasteiger partial charge in [0, 0.05) is 17.8 Å². The Labute approximate surface area is 202 Å². The van der Waals surface area contributed by atoms with Crippen molar-refractivity contribution in [3.63, 3.8) is 0 Å². The Balaban J connectivity index is 1.45. The number of cyclic esters (lactones) is 1. The summed E-state index contributed by atoms with van der Waals surface area (Å²) < 4.78 is 6.01. The van der Waals surface area contributed by atoms with Gasteiger partial charge in [-0.15, -0.1) is 11.3 Å². The summed E-state index contributed by atoms with van der Waals surface area (Å²) in [5, 5.41) is 5.82. The predicted octanol–water partition coefficient (Wildman–Crippen LogP) is 5.55. The molecule has 2 N–H and O–H groups in total. The van der Waals surface area contributed by atoms with Gasteiger partial charge in [-0.3, -0.25) is 14.5 Å². The molecule has 1 saturated carbocycles. The Morgan fingerprint density at radius 3 is 2.67 bits per heavy atom. The van der Waals surface area contributed by atoms with Crippen LogP contribution in [0.25, 0.3) is 0 Å². The second-order valence-electron chi connectivity index (χ2n) is 8.44. The molecule has 2 fully saturated rings. The van der Waals surface area contributed by atoms with E-state index in [0.29, 0.717) is 33.8 Å². The van der Waals surface area contributed by atoms with Gasteiger partial charge in [-0.2, -0.15) is 0 Å². The number of benzene rings is 1. The van der Waals surface area contributed by atoms with Crippen LogP contribution in [0.5, 0.6) is 0 Å². The Morgan fingerprint density at radius 2 is 1.97 bits per heavy atom. The van der Waals surface area contributed by atoms with Crippen LogP contribution in [0.15, 0.2) is 30.3 Å². The number of halogens is 1. The molecule has 0 radical (unpaired) electrons. The van der Waals surface area contributed by atoms with Gasteiger partial charge >= 0.3 is 6.09 Å². The topological polar surface area (TPSA) is 87.7 Å². The second-order valence-corrected chi connectivity index (χ2v) is 10.2. The molecule has 7 nitrogen and oxygen atoms in total. The van der Waals surface area contributed by atoms with Crippen molar-refractivity contribution in [2.24, 2.45) is 0 Å². The van der Waals surface area contributed by atoms with Crippen LogP contribution in [0, 0.1) is 0 Å². The molecule has 1 atom stereocenters.